The second-order valence-corrected chi connectivity index (χ2v) is 7.05. The van der Waals surface area contributed by atoms with Gasteiger partial charge in [-0.15, -0.1) is 0 Å². The zero-order valence-corrected chi connectivity index (χ0v) is 17.8. The van der Waals surface area contributed by atoms with Gasteiger partial charge in [-0.05, 0) is 31.2 Å². The van der Waals surface area contributed by atoms with Crippen LogP contribution in [0.1, 0.15) is 27.6 Å². The molecule has 2 amide bonds. The fourth-order valence-electron chi connectivity index (χ4n) is 2.94. The van der Waals surface area contributed by atoms with Gasteiger partial charge in [0.25, 0.3) is 11.8 Å². The molecule has 0 aliphatic rings. The smallest absolute Gasteiger partial charge is 0.326 e. The van der Waals surface area contributed by atoms with Gasteiger partial charge in [-0.25, -0.2) is 0 Å². The van der Waals surface area contributed by atoms with E-state index in [0.717, 1.165) is 5.56 Å². The van der Waals surface area contributed by atoms with Crippen LogP contribution in [-0.4, -0.2) is 31.4 Å². The van der Waals surface area contributed by atoms with E-state index in [1.165, 1.54) is 7.11 Å². The molecule has 7 heteroatoms. The van der Waals surface area contributed by atoms with Crippen molar-refractivity contribution in [2.24, 2.45) is 0 Å². The summed E-state index contributed by atoms with van der Waals surface area (Å²) < 4.78 is 10.6. The van der Waals surface area contributed by atoms with Gasteiger partial charge in [0.15, 0.2) is 0 Å². The highest BCUT2D eigenvalue weighted by atomic mass is 16.5. The van der Waals surface area contributed by atoms with Crippen molar-refractivity contribution in [3.8, 4) is 5.75 Å². The number of carbonyl (C=O) groups is 3. The summed E-state index contributed by atoms with van der Waals surface area (Å²) in [5.41, 5.74) is 2.46. The zero-order valence-electron chi connectivity index (χ0n) is 17.8. The largest absolute Gasteiger partial charge is 0.497 e. The molecule has 3 rings (SSSR count). The number of methoxy groups -OCH3 is 1. The maximum Gasteiger partial charge on any atom is 0.326 e. The zero-order chi connectivity index (χ0) is 22.9. The van der Waals surface area contributed by atoms with Crippen molar-refractivity contribution in [3.05, 3.63) is 95.6 Å². The lowest BCUT2D eigenvalue weighted by molar-refractivity contribution is -0.153. The van der Waals surface area contributed by atoms with E-state index < -0.39 is 23.9 Å². The first-order chi connectivity index (χ1) is 15.5. The lowest BCUT2D eigenvalue weighted by Gasteiger charge is -2.18. The Morgan fingerprint density at radius 3 is 2.31 bits per heavy atom. The van der Waals surface area contributed by atoms with Gasteiger partial charge in [0.2, 0.25) is 6.10 Å². The third kappa shape index (κ3) is 6.18. The number of benzene rings is 3. The lowest BCUT2D eigenvalue weighted by Crippen LogP contribution is -2.33. The van der Waals surface area contributed by atoms with Gasteiger partial charge in [0, 0.05) is 22.9 Å². The number of ether oxygens (including phenoxy) is 2. The molecule has 32 heavy (non-hydrogen) atoms. The van der Waals surface area contributed by atoms with Crippen LogP contribution >= 0.6 is 0 Å². The van der Waals surface area contributed by atoms with Gasteiger partial charge < -0.3 is 20.1 Å². The molecule has 1 atom stereocenters. The van der Waals surface area contributed by atoms with Crippen molar-refractivity contribution < 1.29 is 23.9 Å². The molecule has 3 aromatic carbocycles. The Morgan fingerprint density at radius 2 is 1.62 bits per heavy atom. The van der Waals surface area contributed by atoms with Gasteiger partial charge in [-0.1, -0.05) is 54.1 Å². The Bertz CT molecular complexity index is 1080. The Hall–Kier alpha value is -4.13. The second-order valence-electron chi connectivity index (χ2n) is 7.05. The predicted octanol–water partition coefficient (Wildman–Crippen LogP) is 3.66. The Balaban J connectivity index is 1.67. The molecule has 0 saturated carbocycles. The average Bonchev–Trinajstić information content (AvgIpc) is 2.82. The third-order valence-corrected chi connectivity index (χ3v) is 4.63. The minimum atomic E-state index is -1.19. The van der Waals surface area contributed by atoms with Crippen LogP contribution in [0.5, 0.6) is 5.75 Å². The van der Waals surface area contributed by atoms with Crippen LogP contribution in [0.4, 0.5) is 5.69 Å². The quantitative estimate of drug-likeness (QED) is 0.530. The van der Waals surface area contributed by atoms with E-state index >= 15 is 0 Å². The first kappa shape index (κ1) is 22.6. The van der Waals surface area contributed by atoms with E-state index in [1.807, 2.05) is 19.1 Å². The van der Waals surface area contributed by atoms with E-state index in [1.54, 1.807) is 66.7 Å². The highest BCUT2D eigenvalue weighted by Gasteiger charge is 2.25. The first-order valence-electron chi connectivity index (χ1n) is 10.0. The number of amides is 2. The maximum absolute atomic E-state index is 12.9. The normalized spacial score (nSPS) is 11.2. The number of hydrogen-bond acceptors (Lipinski definition) is 5. The minimum absolute atomic E-state index is 0.373. The summed E-state index contributed by atoms with van der Waals surface area (Å²) in [5.74, 6) is -1.09. The number of anilines is 1. The fourth-order valence-corrected chi connectivity index (χ4v) is 2.94. The van der Waals surface area contributed by atoms with Gasteiger partial charge >= 0.3 is 5.97 Å². The number of carbonyl (C=O) groups excluding carboxylic acids is 3. The number of hydrogen-bond donors (Lipinski definition) is 2. The monoisotopic (exact) mass is 432 g/mol. The average molecular weight is 432 g/mol. The molecule has 0 saturated heterocycles. The molecule has 0 bridgehead atoms. The maximum atomic E-state index is 12.9. The van der Waals surface area contributed by atoms with Crippen LogP contribution in [0.25, 0.3) is 0 Å². The van der Waals surface area contributed by atoms with Crippen LogP contribution in [0, 0.1) is 6.92 Å². The van der Waals surface area contributed by atoms with Gasteiger partial charge in [-0.3, -0.25) is 14.4 Å². The molecule has 0 aliphatic carbocycles. The summed E-state index contributed by atoms with van der Waals surface area (Å²) in [7, 11) is 1.53. The van der Waals surface area contributed by atoms with Crippen LogP contribution in [0.3, 0.4) is 0 Å². The molecular weight excluding hydrogens is 408 g/mol. The highest BCUT2D eigenvalue weighted by molar-refractivity contribution is 5.98. The molecular formula is C25H24N2O5. The fraction of sp³-hybridized carbons (Fsp3) is 0.160. The van der Waals surface area contributed by atoms with Crippen molar-refractivity contribution >= 4 is 23.5 Å². The van der Waals surface area contributed by atoms with Gasteiger partial charge in [-0.2, -0.15) is 0 Å². The van der Waals surface area contributed by atoms with Crippen molar-refractivity contribution in [1.82, 2.24) is 5.32 Å². The van der Waals surface area contributed by atoms with Crippen LogP contribution in [0.2, 0.25) is 0 Å². The number of nitrogens with one attached hydrogen (secondary N) is 2. The Labute approximate surface area is 186 Å². The molecule has 0 aliphatic heterocycles. The molecule has 0 heterocycles. The molecule has 0 spiro atoms. The topological polar surface area (TPSA) is 93.7 Å². The Kier molecular flexibility index (Phi) is 7.59. The van der Waals surface area contributed by atoms with E-state index in [2.05, 4.69) is 10.6 Å². The second kappa shape index (κ2) is 10.8. The van der Waals surface area contributed by atoms with Crippen molar-refractivity contribution in [2.45, 2.75) is 13.0 Å². The minimum Gasteiger partial charge on any atom is -0.497 e. The van der Waals surface area contributed by atoms with Crippen LogP contribution in [0.15, 0.2) is 78.9 Å². The van der Waals surface area contributed by atoms with E-state index in [-0.39, 0.29) is 6.54 Å². The summed E-state index contributed by atoms with van der Waals surface area (Å²) >= 11 is 0. The number of esters is 1. The molecule has 0 fully saturated rings. The van der Waals surface area contributed by atoms with Gasteiger partial charge in [0.1, 0.15) is 12.3 Å². The Morgan fingerprint density at radius 1 is 0.906 bits per heavy atom. The van der Waals surface area contributed by atoms with E-state index in [9.17, 15) is 14.4 Å². The third-order valence-electron chi connectivity index (χ3n) is 4.63. The van der Waals surface area contributed by atoms with Crippen LogP contribution in [-0.2, 0) is 14.3 Å². The SMILES string of the molecule is COc1cccc(NC(=O)C(OC(=O)CNC(=O)c2ccc(C)cc2)c2ccccc2)c1. The van der Waals surface area contributed by atoms with Crippen molar-refractivity contribution in [2.75, 3.05) is 19.0 Å². The summed E-state index contributed by atoms with van der Waals surface area (Å²) in [5, 5.41) is 5.25. The molecule has 1 unspecified atom stereocenters. The van der Waals surface area contributed by atoms with Crippen molar-refractivity contribution in [3.63, 3.8) is 0 Å². The first-order valence-corrected chi connectivity index (χ1v) is 10.0. The number of aryl methyl sites for hydroxylation is 1. The molecule has 7 nitrogen and oxygen atoms in total. The lowest BCUT2D eigenvalue weighted by atomic mass is 10.1. The summed E-state index contributed by atoms with van der Waals surface area (Å²) in [6.45, 7) is 1.54. The van der Waals surface area contributed by atoms with E-state index in [4.69, 9.17) is 9.47 Å². The standard InChI is InChI=1S/C25H24N2O5/c1-17-11-13-19(14-12-17)24(29)26-16-22(28)32-23(18-7-4-3-5-8-18)25(30)27-20-9-6-10-21(15-20)31-2/h3-15,23H,16H2,1-2H3,(H,26,29)(H,27,30). The summed E-state index contributed by atoms with van der Waals surface area (Å²) in [4.78, 5) is 37.6. The molecule has 2 N–H and O–H groups in total. The summed E-state index contributed by atoms with van der Waals surface area (Å²) in [6, 6.07) is 22.5. The summed E-state index contributed by atoms with van der Waals surface area (Å²) in [6.07, 6.45) is -1.19. The van der Waals surface area contributed by atoms with Gasteiger partial charge in [0.05, 0.1) is 7.11 Å². The van der Waals surface area contributed by atoms with Crippen LogP contribution < -0.4 is 15.4 Å². The molecule has 164 valence electrons. The van der Waals surface area contributed by atoms with Crippen molar-refractivity contribution in [1.29, 1.82) is 0 Å². The number of rotatable bonds is 8. The van der Waals surface area contributed by atoms with E-state index in [0.29, 0.717) is 22.6 Å². The molecule has 0 aromatic heterocycles. The predicted molar refractivity (Wildman–Crippen MR) is 120 cm³/mol. The molecule has 0 radical (unpaired) electrons. The molecule has 3 aromatic rings. The highest BCUT2D eigenvalue weighted by Crippen LogP contribution is 2.22.